The number of aryl methyl sites for hydroxylation is 2. The maximum Gasteiger partial charge on any atom is 0.266 e. The Morgan fingerprint density at radius 3 is 2.75 bits per heavy atom. The second-order valence-corrected chi connectivity index (χ2v) is 4.89. The summed E-state index contributed by atoms with van der Waals surface area (Å²) < 4.78 is 10.4. The topological polar surface area (TPSA) is 64.4 Å². The first-order valence-corrected chi connectivity index (χ1v) is 6.50. The van der Waals surface area contributed by atoms with Crippen molar-refractivity contribution in [2.75, 3.05) is 5.32 Å². The fourth-order valence-corrected chi connectivity index (χ4v) is 1.72. The Labute approximate surface area is 121 Å². The second kappa shape index (κ2) is 5.96. The number of rotatable bonds is 4. The molecule has 1 N–H and O–H groups in total. The SMILES string of the molecule is Cc1cc(NC(=O)C(C)Oc2ccc(Cl)c(C)c2)no1. The molecule has 1 aromatic carbocycles. The van der Waals surface area contributed by atoms with Crippen molar-refractivity contribution < 1.29 is 14.1 Å². The number of nitrogens with one attached hydrogen (secondary N) is 1. The van der Waals surface area contributed by atoms with Crippen LogP contribution in [0.15, 0.2) is 28.8 Å². The minimum atomic E-state index is -0.660. The van der Waals surface area contributed by atoms with Gasteiger partial charge >= 0.3 is 0 Å². The number of aromatic nitrogens is 1. The van der Waals surface area contributed by atoms with Crippen LogP contribution in [0.3, 0.4) is 0 Å². The van der Waals surface area contributed by atoms with Crippen molar-refractivity contribution in [1.82, 2.24) is 5.16 Å². The van der Waals surface area contributed by atoms with Gasteiger partial charge in [0.1, 0.15) is 11.5 Å². The van der Waals surface area contributed by atoms with Crippen LogP contribution in [0.1, 0.15) is 18.2 Å². The highest BCUT2D eigenvalue weighted by molar-refractivity contribution is 6.31. The molecule has 0 radical (unpaired) electrons. The highest BCUT2D eigenvalue weighted by Gasteiger charge is 2.16. The number of hydrogen-bond acceptors (Lipinski definition) is 4. The monoisotopic (exact) mass is 294 g/mol. The smallest absolute Gasteiger partial charge is 0.266 e. The molecule has 1 atom stereocenters. The van der Waals surface area contributed by atoms with Gasteiger partial charge in [-0.3, -0.25) is 4.79 Å². The zero-order chi connectivity index (χ0) is 14.7. The summed E-state index contributed by atoms with van der Waals surface area (Å²) in [6.45, 7) is 5.28. The normalized spacial score (nSPS) is 12.0. The van der Waals surface area contributed by atoms with Gasteiger partial charge in [0.25, 0.3) is 5.91 Å². The molecule has 0 bridgehead atoms. The Morgan fingerprint density at radius 2 is 2.15 bits per heavy atom. The Hall–Kier alpha value is -2.01. The summed E-state index contributed by atoms with van der Waals surface area (Å²) in [7, 11) is 0. The van der Waals surface area contributed by atoms with Gasteiger partial charge in [-0.05, 0) is 44.5 Å². The first-order chi connectivity index (χ1) is 9.45. The lowest BCUT2D eigenvalue weighted by Gasteiger charge is -2.14. The van der Waals surface area contributed by atoms with Gasteiger partial charge < -0.3 is 14.6 Å². The van der Waals surface area contributed by atoms with Gasteiger partial charge in [-0.15, -0.1) is 0 Å². The lowest BCUT2D eigenvalue weighted by atomic mass is 10.2. The minimum absolute atomic E-state index is 0.300. The summed E-state index contributed by atoms with van der Waals surface area (Å²) >= 11 is 5.94. The molecule has 2 rings (SSSR count). The highest BCUT2D eigenvalue weighted by Crippen LogP contribution is 2.22. The van der Waals surface area contributed by atoms with Crippen molar-refractivity contribution in [3.63, 3.8) is 0 Å². The van der Waals surface area contributed by atoms with Gasteiger partial charge in [0, 0.05) is 11.1 Å². The molecule has 6 heteroatoms. The van der Waals surface area contributed by atoms with E-state index in [0.717, 1.165) is 5.56 Å². The molecule has 1 heterocycles. The standard InChI is InChI=1S/C14H15ClN2O3/c1-8-6-11(4-5-12(8)15)19-10(3)14(18)16-13-7-9(2)20-17-13/h4-7,10H,1-3H3,(H,16,17,18). The molecule has 1 aromatic heterocycles. The highest BCUT2D eigenvalue weighted by atomic mass is 35.5. The zero-order valence-electron chi connectivity index (χ0n) is 11.4. The van der Waals surface area contributed by atoms with E-state index < -0.39 is 6.10 Å². The van der Waals surface area contributed by atoms with Crippen LogP contribution in [0.2, 0.25) is 5.02 Å². The predicted octanol–water partition coefficient (Wildman–Crippen LogP) is 3.35. The Morgan fingerprint density at radius 1 is 1.40 bits per heavy atom. The van der Waals surface area contributed by atoms with Gasteiger partial charge in [-0.2, -0.15) is 0 Å². The zero-order valence-corrected chi connectivity index (χ0v) is 12.2. The molecule has 2 aromatic rings. The predicted molar refractivity (Wildman–Crippen MR) is 76.1 cm³/mol. The van der Waals surface area contributed by atoms with Crippen LogP contribution >= 0.6 is 11.6 Å². The van der Waals surface area contributed by atoms with Crippen LogP contribution in [0.5, 0.6) is 5.75 Å². The first kappa shape index (κ1) is 14.4. The molecule has 0 saturated carbocycles. The molecule has 5 nitrogen and oxygen atoms in total. The largest absolute Gasteiger partial charge is 0.481 e. The molecule has 1 unspecified atom stereocenters. The van der Waals surface area contributed by atoms with E-state index in [9.17, 15) is 4.79 Å². The molecule has 0 aliphatic rings. The van der Waals surface area contributed by atoms with Gasteiger partial charge in [0.05, 0.1) is 0 Å². The van der Waals surface area contributed by atoms with Crippen molar-refractivity contribution >= 4 is 23.3 Å². The lowest BCUT2D eigenvalue weighted by molar-refractivity contribution is -0.122. The van der Waals surface area contributed by atoms with Crippen LogP contribution in [0.25, 0.3) is 0 Å². The molecule has 106 valence electrons. The molecule has 0 saturated heterocycles. The summed E-state index contributed by atoms with van der Waals surface area (Å²) in [5, 5.41) is 6.96. The van der Waals surface area contributed by atoms with Crippen molar-refractivity contribution in [3.05, 3.63) is 40.6 Å². The summed E-state index contributed by atoms with van der Waals surface area (Å²) in [4.78, 5) is 11.9. The van der Waals surface area contributed by atoms with E-state index in [0.29, 0.717) is 22.4 Å². The van der Waals surface area contributed by atoms with Crippen LogP contribution in [0, 0.1) is 13.8 Å². The molecule has 1 amide bonds. The number of halogens is 1. The van der Waals surface area contributed by atoms with Gasteiger partial charge in [-0.25, -0.2) is 0 Å². The quantitative estimate of drug-likeness (QED) is 0.939. The van der Waals surface area contributed by atoms with E-state index in [1.54, 1.807) is 38.1 Å². The summed E-state index contributed by atoms with van der Waals surface area (Å²) in [5.41, 5.74) is 0.893. The third kappa shape index (κ3) is 3.51. The Balaban J connectivity index is 1.98. The van der Waals surface area contributed by atoms with Crippen molar-refractivity contribution in [2.24, 2.45) is 0 Å². The maximum atomic E-state index is 11.9. The molecule has 0 aliphatic carbocycles. The van der Waals surface area contributed by atoms with E-state index in [-0.39, 0.29) is 5.91 Å². The third-order valence-corrected chi connectivity index (χ3v) is 3.11. The number of hydrogen-bond donors (Lipinski definition) is 1. The van der Waals surface area contributed by atoms with E-state index in [1.807, 2.05) is 6.92 Å². The lowest BCUT2D eigenvalue weighted by Crippen LogP contribution is -2.30. The number of carbonyl (C=O) groups excluding carboxylic acids is 1. The van der Waals surface area contributed by atoms with Gasteiger partial charge in [0.2, 0.25) is 0 Å². The van der Waals surface area contributed by atoms with Crippen LogP contribution < -0.4 is 10.1 Å². The second-order valence-electron chi connectivity index (χ2n) is 4.48. The van der Waals surface area contributed by atoms with Crippen LogP contribution in [-0.4, -0.2) is 17.2 Å². The van der Waals surface area contributed by atoms with Crippen LogP contribution in [-0.2, 0) is 4.79 Å². The summed E-state index contributed by atoms with van der Waals surface area (Å²) in [5.74, 6) is 1.29. The average Bonchev–Trinajstić information content (AvgIpc) is 2.79. The maximum absolute atomic E-state index is 11.9. The van der Waals surface area contributed by atoms with E-state index in [4.69, 9.17) is 20.9 Å². The number of ether oxygens (including phenoxy) is 1. The van der Waals surface area contributed by atoms with E-state index in [1.165, 1.54) is 0 Å². The summed E-state index contributed by atoms with van der Waals surface area (Å²) in [6.07, 6.45) is -0.660. The minimum Gasteiger partial charge on any atom is -0.481 e. The number of carbonyl (C=O) groups is 1. The average molecular weight is 295 g/mol. The molecular formula is C14H15ClN2O3. The first-order valence-electron chi connectivity index (χ1n) is 6.12. The fraction of sp³-hybridized carbons (Fsp3) is 0.286. The molecule has 0 fully saturated rings. The molecular weight excluding hydrogens is 280 g/mol. The fourth-order valence-electron chi connectivity index (χ4n) is 1.60. The van der Waals surface area contributed by atoms with Crippen molar-refractivity contribution in [3.8, 4) is 5.75 Å². The Bertz CT molecular complexity index is 625. The van der Waals surface area contributed by atoms with E-state index in [2.05, 4.69) is 10.5 Å². The van der Waals surface area contributed by atoms with Crippen LogP contribution in [0.4, 0.5) is 5.82 Å². The number of anilines is 1. The third-order valence-electron chi connectivity index (χ3n) is 2.69. The molecule has 20 heavy (non-hydrogen) atoms. The molecule has 0 aliphatic heterocycles. The van der Waals surface area contributed by atoms with Crippen molar-refractivity contribution in [2.45, 2.75) is 26.9 Å². The molecule has 0 spiro atoms. The number of benzene rings is 1. The Kier molecular flexibility index (Phi) is 4.29. The van der Waals surface area contributed by atoms with Gasteiger partial charge in [0.15, 0.2) is 11.9 Å². The van der Waals surface area contributed by atoms with E-state index >= 15 is 0 Å². The summed E-state index contributed by atoms with van der Waals surface area (Å²) in [6, 6.07) is 6.88. The number of nitrogens with zero attached hydrogens (tertiary/aromatic N) is 1. The van der Waals surface area contributed by atoms with Crippen molar-refractivity contribution in [1.29, 1.82) is 0 Å². The number of amides is 1. The van der Waals surface area contributed by atoms with Gasteiger partial charge in [-0.1, -0.05) is 16.8 Å².